The van der Waals surface area contributed by atoms with Crippen molar-refractivity contribution >= 4 is 0 Å². The molecule has 4 nitrogen and oxygen atoms in total. The van der Waals surface area contributed by atoms with Crippen LogP contribution in [-0.2, 0) is 11.3 Å². The Balaban J connectivity index is 2.04. The van der Waals surface area contributed by atoms with Crippen molar-refractivity contribution in [2.45, 2.75) is 24.8 Å². The number of fused-ring (bicyclic) bond motifs is 5. The van der Waals surface area contributed by atoms with Crippen molar-refractivity contribution in [3.8, 4) is 11.8 Å². The average molecular weight is 221 g/mol. The number of methoxy groups -OCH3 is 1. The van der Waals surface area contributed by atoms with Crippen LogP contribution in [0.4, 0.5) is 0 Å². The first-order valence-corrected chi connectivity index (χ1v) is 5.55. The van der Waals surface area contributed by atoms with Gasteiger partial charge in [0.25, 0.3) is 0 Å². The van der Waals surface area contributed by atoms with Gasteiger partial charge in [-0.05, 0) is 6.42 Å². The number of aromatic nitrogens is 1. The molecule has 0 saturated heterocycles. The summed E-state index contributed by atoms with van der Waals surface area (Å²) < 4.78 is 6.51. The number of nitrogens with zero attached hydrogens (tertiary/aromatic N) is 1. The predicted octanol–water partition coefficient (Wildman–Crippen LogP) is 1.69. The summed E-state index contributed by atoms with van der Waals surface area (Å²) in [5.41, 5.74) is 1.84. The van der Waals surface area contributed by atoms with Crippen molar-refractivity contribution in [2.24, 2.45) is 0 Å². The molecular weight excluding hydrogens is 206 g/mol. The van der Waals surface area contributed by atoms with E-state index in [-0.39, 0.29) is 23.6 Å². The molecule has 0 aromatic carbocycles. The molecule has 16 heavy (non-hydrogen) atoms. The van der Waals surface area contributed by atoms with Crippen LogP contribution < -0.4 is 0 Å². The summed E-state index contributed by atoms with van der Waals surface area (Å²) in [5, 5.41) is 20.2. The minimum Gasteiger partial charge on any atom is -0.494 e. The molecule has 2 unspecified atom stereocenters. The lowest BCUT2D eigenvalue weighted by Crippen LogP contribution is -2.04. The fourth-order valence-electron chi connectivity index (χ4n) is 2.88. The van der Waals surface area contributed by atoms with Gasteiger partial charge in [0.2, 0.25) is 0 Å². The molecule has 2 aliphatic carbocycles. The maximum atomic E-state index is 10.1. The van der Waals surface area contributed by atoms with Gasteiger partial charge in [-0.15, -0.1) is 0 Å². The molecule has 1 heterocycles. The monoisotopic (exact) mass is 221 g/mol. The highest BCUT2D eigenvalue weighted by Crippen LogP contribution is 2.56. The molecule has 3 rings (SSSR count). The van der Waals surface area contributed by atoms with Gasteiger partial charge in [0.15, 0.2) is 11.8 Å². The normalized spacial score (nSPS) is 25.3. The maximum absolute atomic E-state index is 10.1. The van der Waals surface area contributed by atoms with Crippen LogP contribution in [0.15, 0.2) is 12.2 Å². The molecule has 2 aliphatic rings. The van der Waals surface area contributed by atoms with E-state index in [2.05, 4.69) is 12.2 Å². The van der Waals surface area contributed by atoms with E-state index in [0.717, 1.165) is 17.5 Å². The third-order valence-electron chi connectivity index (χ3n) is 3.63. The second kappa shape index (κ2) is 3.28. The Morgan fingerprint density at radius 2 is 1.81 bits per heavy atom. The van der Waals surface area contributed by atoms with Crippen LogP contribution in [0.3, 0.4) is 0 Å². The Labute approximate surface area is 93.8 Å². The number of allylic oxidation sites excluding steroid dienone is 2. The van der Waals surface area contributed by atoms with E-state index in [4.69, 9.17) is 4.74 Å². The minimum atomic E-state index is 0.210. The lowest BCUT2D eigenvalue weighted by atomic mass is 10.0. The average Bonchev–Trinajstić information content (AvgIpc) is 2.92. The Morgan fingerprint density at radius 1 is 1.25 bits per heavy atom. The number of rotatable bonds is 3. The van der Waals surface area contributed by atoms with Crippen molar-refractivity contribution in [1.82, 2.24) is 4.57 Å². The molecule has 0 saturated carbocycles. The largest absolute Gasteiger partial charge is 0.494 e. The van der Waals surface area contributed by atoms with Gasteiger partial charge in [0.1, 0.15) is 0 Å². The molecular formula is C12H15NO3. The summed E-state index contributed by atoms with van der Waals surface area (Å²) >= 11 is 0. The molecule has 2 bridgehead atoms. The van der Waals surface area contributed by atoms with Crippen LogP contribution in [0, 0.1) is 0 Å². The van der Waals surface area contributed by atoms with Gasteiger partial charge in [0, 0.05) is 30.1 Å². The Kier molecular flexibility index (Phi) is 2.01. The van der Waals surface area contributed by atoms with Crippen LogP contribution in [0.2, 0.25) is 0 Å². The first kappa shape index (κ1) is 9.78. The van der Waals surface area contributed by atoms with Gasteiger partial charge >= 0.3 is 0 Å². The Bertz CT molecular complexity index is 426. The second-order valence-electron chi connectivity index (χ2n) is 4.45. The lowest BCUT2D eigenvalue weighted by Gasteiger charge is -2.08. The molecule has 0 fully saturated rings. The van der Waals surface area contributed by atoms with E-state index in [1.807, 2.05) is 0 Å². The molecule has 1 aromatic rings. The van der Waals surface area contributed by atoms with Crippen molar-refractivity contribution < 1.29 is 14.9 Å². The molecule has 0 spiro atoms. The zero-order valence-corrected chi connectivity index (χ0v) is 9.18. The number of hydrogen-bond acceptors (Lipinski definition) is 3. The minimum absolute atomic E-state index is 0.210. The lowest BCUT2D eigenvalue weighted by molar-refractivity contribution is 0.179. The second-order valence-corrected chi connectivity index (χ2v) is 4.45. The predicted molar refractivity (Wildman–Crippen MR) is 58.9 cm³/mol. The van der Waals surface area contributed by atoms with Crippen LogP contribution >= 0.6 is 0 Å². The summed E-state index contributed by atoms with van der Waals surface area (Å²) in [4.78, 5) is 0. The highest BCUT2D eigenvalue weighted by Gasteiger charge is 2.40. The summed E-state index contributed by atoms with van der Waals surface area (Å²) in [5.74, 6) is 0.993. The van der Waals surface area contributed by atoms with Crippen LogP contribution in [0.5, 0.6) is 11.8 Å². The molecule has 0 aliphatic heterocycles. The van der Waals surface area contributed by atoms with Crippen molar-refractivity contribution in [2.75, 3.05) is 13.7 Å². The van der Waals surface area contributed by atoms with Crippen LogP contribution in [0.1, 0.15) is 29.4 Å². The van der Waals surface area contributed by atoms with Gasteiger partial charge in [-0.3, -0.25) is 4.57 Å². The van der Waals surface area contributed by atoms with Crippen molar-refractivity contribution in [3.05, 3.63) is 23.3 Å². The Hall–Kier alpha value is -1.42. The summed E-state index contributed by atoms with van der Waals surface area (Å²) in [6.07, 6.45) is 5.23. The smallest absolute Gasteiger partial charge is 0.198 e. The van der Waals surface area contributed by atoms with E-state index in [1.165, 1.54) is 0 Å². The first-order chi connectivity index (χ1) is 7.74. The van der Waals surface area contributed by atoms with Crippen LogP contribution in [0.25, 0.3) is 0 Å². The number of ether oxygens (including phenoxy) is 1. The number of hydrogen-bond donors (Lipinski definition) is 2. The molecule has 1 aromatic heterocycles. The van der Waals surface area contributed by atoms with Gasteiger partial charge in [-0.1, -0.05) is 12.2 Å². The fraction of sp³-hybridized carbons (Fsp3) is 0.500. The van der Waals surface area contributed by atoms with Crippen LogP contribution in [-0.4, -0.2) is 28.5 Å². The van der Waals surface area contributed by atoms with E-state index in [0.29, 0.717) is 13.2 Å². The third-order valence-corrected chi connectivity index (χ3v) is 3.63. The molecule has 2 atom stereocenters. The molecule has 0 radical (unpaired) electrons. The zero-order valence-electron chi connectivity index (χ0n) is 9.18. The zero-order chi connectivity index (χ0) is 11.3. The topological polar surface area (TPSA) is 54.6 Å². The van der Waals surface area contributed by atoms with Crippen molar-refractivity contribution in [3.63, 3.8) is 0 Å². The highest BCUT2D eigenvalue weighted by molar-refractivity contribution is 5.58. The maximum Gasteiger partial charge on any atom is 0.198 e. The van der Waals surface area contributed by atoms with E-state index in [9.17, 15) is 10.2 Å². The van der Waals surface area contributed by atoms with Crippen molar-refractivity contribution in [1.29, 1.82) is 0 Å². The van der Waals surface area contributed by atoms with Gasteiger partial charge in [-0.2, -0.15) is 0 Å². The summed E-state index contributed by atoms with van der Waals surface area (Å²) in [6.45, 7) is 0.970. The van der Waals surface area contributed by atoms with E-state index < -0.39 is 0 Å². The van der Waals surface area contributed by atoms with Gasteiger partial charge in [-0.25, -0.2) is 0 Å². The van der Waals surface area contributed by atoms with E-state index >= 15 is 0 Å². The molecule has 4 heteroatoms. The molecule has 2 N–H and O–H groups in total. The standard InChI is InChI=1S/C12H15NO3/c1-16-5-4-13-11(14)9-7-2-3-8(6-7)10(9)12(13)15/h2-3,7-8,14-15H,4-6H2,1H3. The number of aromatic hydroxyl groups is 2. The quantitative estimate of drug-likeness (QED) is 0.764. The fourth-order valence-corrected chi connectivity index (χ4v) is 2.88. The SMILES string of the molecule is COCCn1c(O)c2c(c1O)C1C=CC2C1. The Morgan fingerprint density at radius 3 is 2.31 bits per heavy atom. The molecule has 86 valence electrons. The third kappa shape index (κ3) is 1.08. The van der Waals surface area contributed by atoms with Gasteiger partial charge in [0.05, 0.1) is 13.2 Å². The van der Waals surface area contributed by atoms with E-state index in [1.54, 1.807) is 11.7 Å². The summed E-state index contributed by atoms with van der Waals surface area (Å²) in [6, 6.07) is 0. The molecule has 0 amide bonds. The van der Waals surface area contributed by atoms with Gasteiger partial charge < -0.3 is 14.9 Å². The first-order valence-electron chi connectivity index (χ1n) is 5.55. The highest BCUT2D eigenvalue weighted by atomic mass is 16.5. The summed E-state index contributed by atoms with van der Waals surface area (Å²) in [7, 11) is 1.61.